The Morgan fingerprint density at radius 1 is 1.44 bits per heavy atom. The number of ether oxygens (including phenoxy) is 2. The maximum atomic E-state index is 5.97. The third-order valence-electron chi connectivity index (χ3n) is 3.96. The average molecular weight is 248 g/mol. The van der Waals surface area contributed by atoms with Crippen molar-refractivity contribution in [3.8, 4) is 0 Å². The predicted octanol–water partition coefficient (Wildman–Crippen LogP) is 1.46. The Morgan fingerprint density at radius 2 is 2.22 bits per heavy atom. The normalized spacial score (nSPS) is 27.1. The molecule has 0 N–H and O–H groups in total. The highest BCUT2D eigenvalue weighted by Gasteiger charge is 2.47. The number of rotatable bonds is 3. The average Bonchev–Trinajstić information content (AvgIpc) is 2.38. The zero-order valence-electron chi connectivity index (χ0n) is 10.8. The van der Waals surface area contributed by atoms with Crippen molar-refractivity contribution >= 4 is 0 Å². The van der Waals surface area contributed by atoms with Gasteiger partial charge in [-0.05, 0) is 24.1 Å². The lowest BCUT2D eigenvalue weighted by atomic mass is 9.84. The van der Waals surface area contributed by atoms with Crippen LogP contribution in [0, 0.1) is 0 Å². The van der Waals surface area contributed by atoms with E-state index in [1.807, 2.05) is 12.4 Å². The molecular weight excluding hydrogens is 228 g/mol. The first-order valence-electron chi connectivity index (χ1n) is 6.58. The second-order valence-corrected chi connectivity index (χ2v) is 5.38. The maximum Gasteiger partial charge on any atom is 0.0959 e. The van der Waals surface area contributed by atoms with Gasteiger partial charge in [-0.3, -0.25) is 9.88 Å². The lowest BCUT2D eigenvalue weighted by molar-refractivity contribution is -0.195. The Morgan fingerprint density at radius 3 is 2.94 bits per heavy atom. The second-order valence-electron chi connectivity index (χ2n) is 5.38. The predicted molar refractivity (Wildman–Crippen MR) is 68.2 cm³/mol. The zero-order valence-corrected chi connectivity index (χ0v) is 10.8. The third kappa shape index (κ3) is 2.41. The molecule has 2 aliphatic heterocycles. The molecule has 1 aromatic rings. The van der Waals surface area contributed by atoms with Crippen molar-refractivity contribution in [3.63, 3.8) is 0 Å². The topological polar surface area (TPSA) is 34.6 Å². The van der Waals surface area contributed by atoms with Crippen molar-refractivity contribution in [1.29, 1.82) is 0 Å². The van der Waals surface area contributed by atoms with Gasteiger partial charge in [-0.15, -0.1) is 0 Å². The minimum absolute atomic E-state index is 0.0615. The summed E-state index contributed by atoms with van der Waals surface area (Å²) in [6.45, 7) is 3.87. The summed E-state index contributed by atoms with van der Waals surface area (Å²) in [6.07, 6.45) is 6.15. The molecule has 1 unspecified atom stereocenters. The van der Waals surface area contributed by atoms with Crippen LogP contribution in [0.15, 0.2) is 24.5 Å². The highest BCUT2D eigenvalue weighted by Crippen LogP contribution is 2.35. The van der Waals surface area contributed by atoms with E-state index in [4.69, 9.17) is 9.47 Å². The van der Waals surface area contributed by atoms with Gasteiger partial charge in [0.15, 0.2) is 0 Å². The number of pyridine rings is 1. The summed E-state index contributed by atoms with van der Waals surface area (Å²) in [6, 6.07) is 4.15. The fraction of sp³-hybridized carbons (Fsp3) is 0.643. The molecule has 4 nitrogen and oxygen atoms in total. The summed E-state index contributed by atoms with van der Waals surface area (Å²) >= 11 is 0. The van der Waals surface area contributed by atoms with Gasteiger partial charge in [0.1, 0.15) is 0 Å². The molecule has 0 aromatic carbocycles. The Hall–Kier alpha value is -0.970. The fourth-order valence-electron chi connectivity index (χ4n) is 3.03. The van der Waals surface area contributed by atoms with Gasteiger partial charge in [-0.25, -0.2) is 0 Å². The largest absolute Gasteiger partial charge is 0.381 e. The molecule has 0 saturated carbocycles. The molecular formula is C14H20N2O2. The minimum atomic E-state index is 0.0615. The van der Waals surface area contributed by atoms with Gasteiger partial charge in [0.2, 0.25) is 0 Å². The van der Waals surface area contributed by atoms with Crippen LogP contribution in [0.2, 0.25) is 0 Å². The number of methoxy groups -OCH3 is 1. The first kappa shape index (κ1) is 12.1. The summed E-state index contributed by atoms with van der Waals surface area (Å²) in [7, 11) is 1.80. The number of likely N-dealkylation sites (tertiary alicyclic amines) is 1. The molecule has 2 aliphatic rings. The van der Waals surface area contributed by atoms with Crippen LogP contribution in [-0.2, 0) is 16.0 Å². The SMILES string of the molecule is COC1CCOC2(C1)CN(Cc1ccncc1)C2. The van der Waals surface area contributed by atoms with Crippen molar-refractivity contribution < 1.29 is 9.47 Å². The van der Waals surface area contributed by atoms with E-state index in [9.17, 15) is 0 Å². The summed E-state index contributed by atoms with van der Waals surface area (Å²) in [5, 5.41) is 0. The van der Waals surface area contributed by atoms with Crippen molar-refractivity contribution in [2.45, 2.75) is 31.1 Å². The molecule has 0 radical (unpaired) electrons. The van der Waals surface area contributed by atoms with E-state index in [0.29, 0.717) is 6.10 Å². The molecule has 0 aliphatic carbocycles. The van der Waals surface area contributed by atoms with Gasteiger partial charge in [-0.1, -0.05) is 0 Å². The van der Waals surface area contributed by atoms with E-state index in [-0.39, 0.29) is 5.60 Å². The summed E-state index contributed by atoms with van der Waals surface area (Å²) in [4.78, 5) is 6.47. The van der Waals surface area contributed by atoms with Crippen LogP contribution in [0.3, 0.4) is 0 Å². The van der Waals surface area contributed by atoms with Crippen LogP contribution in [0.1, 0.15) is 18.4 Å². The van der Waals surface area contributed by atoms with Crippen molar-refractivity contribution in [2.75, 3.05) is 26.8 Å². The number of nitrogens with zero attached hydrogens (tertiary/aromatic N) is 2. The summed E-state index contributed by atoms with van der Waals surface area (Å²) in [5.74, 6) is 0. The Balaban J connectivity index is 1.53. The number of hydrogen-bond acceptors (Lipinski definition) is 4. The molecule has 2 saturated heterocycles. The molecule has 2 fully saturated rings. The third-order valence-corrected chi connectivity index (χ3v) is 3.96. The molecule has 1 spiro atoms. The molecule has 1 atom stereocenters. The van der Waals surface area contributed by atoms with Gasteiger partial charge >= 0.3 is 0 Å². The van der Waals surface area contributed by atoms with Gasteiger partial charge < -0.3 is 9.47 Å². The maximum absolute atomic E-state index is 5.97. The number of hydrogen-bond donors (Lipinski definition) is 0. The van der Waals surface area contributed by atoms with E-state index in [2.05, 4.69) is 22.0 Å². The lowest BCUT2D eigenvalue weighted by Gasteiger charge is -2.53. The van der Waals surface area contributed by atoms with E-state index in [1.54, 1.807) is 7.11 Å². The van der Waals surface area contributed by atoms with E-state index in [1.165, 1.54) is 5.56 Å². The van der Waals surface area contributed by atoms with Crippen molar-refractivity contribution in [2.24, 2.45) is 0 Å². The van der Waals surface area contributed by atoms with Gasteiger partial charge in [0.05, 0.1) is 11.7 Å². The van der Waals surface area contributed by atoms with Crippen LogP contribution in [-0.4, -0.2) is 48.4 Å². The van der Waals surface area contributed by atoms with Gasteiger partial charge in [0.25, 0.3) is 0 Å². The van der Waals surface area contributed by atoms with Crippen LogP contribution < -0.4 is 0 Å². The lowest BCUT2D eigenvalue weighted by Crippen LogP contribution is -2.65. The quantitative estimate of drug-likeness (QED) is 0.811. The highest BCUT2D eigenvalue weighted by molar-refractivity contribution is 5.12. The Labute approximate surface area is 108 Å². The second kappa shape index (κ2) is 4.96. The molecule has 0 amide bonds. The van der Waals surface area contributed by atoms with Crippen molar-refractivity contribution in [3.05, 3.63) is 30.1 Å². The van der Waals surface area contributed by atoms with Crippen LogP contribution in [0.5, 0.6) is 0 Å². The van der Waals surface area contributed by atoms with Crippen molar-refractivity contribution in [1.82, 2.24) is 9.88 Å². The fourth-order valence-corrected chi connectivity index (χ4v) is 3.03. The zero-order chi connectivity index (χ0) is 12.4. The van der Waals surface area contributed by atoms with Crippen LogP contribution in [0.25, 0.3) is 0 Å². The Bertz CT molecular complexity index is 390. The van der Waals surface area contributed by atoms with Gasteiger partial charge in [0, 0.05) is 52.2 Å². The molecule has 0 bridgehead atoms. The molecule has 98 valence electrons. The standard InChI is InChI=1S/C14H20N2O2/c1-17-13-4-7-18-14(8-13)10-16(11-14)9-12-2-5-15-6-3-12/h2-3,5-6,13H,4,7-11H2,1H3. The summed E-state index contributed by atoms with van der Waals surface area (Å²) < 4.78 is 11.4. The minimum Gasteiger partial charge on any atom is -0.381 e. The van der Waals surface area contributed by atoms with Gasteiger partial charge in [-0.2, -0.15) is 0 Å². The first-order chi connectivity index (χ1) is 8.80. The molecule has 18 heavy (non-hydrogen) atoms. The molecule has 1 aromatic heterocycles. The summed E-state index contributed by atoms with van der Waals surface area (Å²) in [5.41, 5.74) is 1.38. The van der Waals surface area contributed by atoms with E-state index < -0.39 is 0 Å². The highest BCUT2D eigenvalue weighted by atomic mass is 16.5. The molecule has 3 rings (SSSR count). The number of aromatic nitrogens is 1. The first-order valence-corrected chi connectivity index (χ1v) is 6.58. The monoisotopic (exact) mass is 248 g/mol. The smallest absolute Gasteiger partial charge is 0.0959 e. The van der Waals surface area contributed by atoms with Crippen LogP contribution in [0.4, 0.5) is 0 Å². The van der Waals surface area contributed by atoms with E-state index in [0.717, 1.165) is 39.1 Å². The molecule has 3 heterocycles. The molecule has 4 heteroatoms. The Kier molecular flexibility index (Phi) is 3.33. The van der Waals surface area contributed by atoms with Crippen LogP contribution >= 0.6 is 0 Å². The van der Waals surface area contributed by atoms with E-state index >= 15 is 0 Å².